The minimum absolute atomic E-state index is 0.0312. The van der Waals surface area contributed by atoms with Gasteiger partial charge in [-0.3, -0.25) is 4.84 Å². The van der Waals surface area contributed by atoms with E-state index >= 15 is 0 Å². The lowest BCUT2D eigenvalue weighted by Gasteiger charge is -2.34. The van der Waals surface area contributed by atoms with Crippen molar-refractivity contribution in [2.75, 3.05) is 26.2 Å². The molecule has 0 aromatic carbocycles. The molecule has 17 heavy (non-hydrogen) atoms. The first-order chi connectivity index (χ1) is 7.92. The van der Waals surface area contributed by atoms with Crippen molar-refractivity contribution in [2.45, 2.75) is 38.9 Å². The number of likely N-dealkylation sites (tertiary alicyclic amines) is 1. The molecule has 0 aromatic heterocycles. The summed E-state index contributed by atoms with van der Waals surface area (Å²) < 4.78 is 35.6. The molecule has 0 aromatic rings. The van der Waals surface area contributed by atoms with Crippen molar-refractivity contribution in [1.82, 2.24) is 10.4 Å². The number of alkyl halides is 3. The molecular weight excluding hydrogens is 233 g/mol. The van der Waals surface area contributed by atoms with E-state index in [1.165, 1.54) is 0 Å². The van der Waals surface area contributed by atoms with Crippen LogP contribution in [-0.2, 0) is 4.84 Å². The lowest BCUT2D eigenvalue weighted by molar-refractivity contribution is -0.194. The monoisotopic (exact) mass is 254 g/mol. The molecule has 0 bridgehead atoms. The fourth-order valence-electron chi connectivity index (χ4n) is 2.12. The molecule has 1 saturated heterocycles. The van der Waals surface area contributed by atoms with E-state index in [2.05, 4.69) is 22.1 Å². The van der Waals surface area contributed by atoms with Gasteiger partial charge in [-0.25, -0.2) is 0 Å². The summed E-state index contributed by atoms with van der Waals surface area (Å²) in [5, 5.41) is 0. The average Bonchev–Trinajstić information content (AvgIpc) is 2.27. The molecule has 1 unspecified atom stereocenters. The van der Waals surface area contributed by atoms with E-state index in [9.17, 15) is 13.2 Å². The summed E-state index contributed by atoms with van der Waals surface area (Å²) >= 11 is 0. The Balaban J connectivity index is 2.18. The van der Waals surface area contributed by atoms with Crippen LogP contribution in [0.5, 0.6) is 0 Å². The maximum absolute atomic E-state index is 11.9. The van der Waals surface area contributed by atoms with E-state index in [1.807, 2.05) is 6.92 Å². The van der Waals surface area contributed by atoms with Crippen LogP contribution in [0.15, 0.2) is 0 Å². The summed E-state index contributed by atoms with van der Waals surface area (Å²) in [6, 6.07) is -0.0312. The summed E-state index contributed by atoms with van der Waals surface area (Å²) in [6.07, 6.45) is -2.24. The van der Waals surface area contributed by atoms with Crippen LogP contribution in [-0.4, -0.2) is 43.4 Å². The van der Waals surface area contributed by atoms with Crippen LogP contribution in [0.25, 0.3) is 0 Å². The van der Waals surface area contributed by atoms with Gasteiger partial charge in [-0.05, 0) is 45.3 Å². The summed E-state index contributed by atoms with van der Waals surface area (Å²) in [7, 11) is 0. The van der Waals surface area contributed by atoms with Crippen LogP contribution in [0.2, 0.25) is 0 Å². The molecule has 1 atom stereocenters. The normalized spacial score (nSPS) is 21.7. The SMILES string of the molecule is CCN1CCC(C(C)NOCC(F)(F)F)CC1. The first-order valence-electron chi connectivity index (χ1n) is 6.08. The number of nitrogens with zero attached hydrogens (tertiary/aromatic N) is 1. The van der Waals surface area contributed by atoms with Crippen molar-refractivity contribution in [3.8, 4) is 0 Å². The lowest BCUT2D eigenvalue weighted by Crippen LogP contribution is -2.42. The Hall–Kier alpha value is -0.330. The number of nitrogens with one attached hydrogen (secondary N) is 1. The molecule has 1 aliphatic rings. The second kappa shape index (κ2) is 6.56. The highest BCUT2D eigenvalue weighted by atomic mass is 19.4. The zero-order valence-corrected chi connectivity index (χ0v) is 10.4. The van der Waals surface area contributed by atoms with Crippen molar-refractivity contribution in [3.63, 3.8) is 0 Å². The maximum atomic E-state index is 11.9. The highest BCUT2D eigenvalue weighted by Gasteiger charge is 2.29. The average molecular weight is 254 g/mol. The van der Waals surface area contributed by atoms with Crippen molar-refractivity contribution in [2.24, 2.45) is 5.92 Å². The van der Waals surface area contributed by atoms with Gasteiger partial charge in [0.1, 0.15) is 0 Å². The quantitative estimate of drug-likeness (QED) is 0.761. The van der Waals surface area contributed by atoms with Crippen LogP contribution >= 0.6 is 0 Å². The number of halogens is 3. The molecule has 0 saturated carbocycles. The fourth-order valence-corrected chi connectivity index (χ4v) is 2.12. The molecule has 6 heteroatoms. The minimum atomic E-state index is -4.27. The largest absolute Gasteiger partial charge is 0.413 e. The van der Waals surface area contributed by atoms with Crippen molar-refractivity contribution in [1.29, 1.82) is 0 Å². The van der Waals surface area contributed by atoms with Gasteiger partial charge in [-0.1, -0.05) is 6.92 Å². The molecular formula is C11H21F3N2O. The summed E-state index contributed by atoms with van der Waals surface area (Å²) in [4.78, 5) is 6.82. The number of rotatable bonds is 5. The van der Waals surface area contributed by atoms with Crippen molar-refractivity contribution >= 4 is 0 Å². The zero-order valence-electron chi connectivity index (χ0n) is 10.4. The predicted octanol–water partition coefficient (Wildman–Crippen LogP) is 2.19. The maximum Gasteiger partial charge on any atom is 0.413 e. The first-order valence-corrected chi connectivity index (χ1v) is 6.08. The van der Waals surface area contributed by atoms with Gasteiger partial charge in [0.05, 0.1) is 0 Å². The third kappa shape index (κ3) is 5.70. The van der Waals surface area contributed by atoms with E-state index < -0.39 is 12.8 Å². The Morgan fingerprint density at radius 3 is 2.41 bits per heavy atom. The first kappa shape index (κ1) is 14.7. The molecule has 1 N–H and O–H groups in total. The molecule has 0 aliphatic carbocycles. The standard InChI is InChI=1S/C11H21F3N2O/c1-3-16-6-4-10(5-7-16)9(2)15-17-8-11(12,13)14/h9-10,15H,3-8H2,1-2H3. The van der Waals surface area contributed by atoms with Gasteiger partial charge in [0.25, 0.3) is 0 Å². The summed E-state index contributed by atoms with van der Waals surface area (Å²) in [5.74, 6) is 0.394. The summed E-state index contributed by atoms with van der Waals surface area (Å²) in [5.41, 5.74) is 2.50. The van der Waals surface area contributed by atoms with Gasteiger partial charge in [0, 0.05) is 6.04 Å². The molecule has 1 rings (SSSR count). The Kier molecular flexibility index (Phi) is 5.69. The van der Waals surface area contributed by atoms with E-state index in [1.54, 1.807) is 0 Å². The van der Waals surface area contributed by atoms with E-state index in [-0.39, 0.29) is 6.04 Å². The third-order valence-electron chi connectivity index (χ3n) is 3.29. The van der Waals surface area contributed by atoms with E-state index in [0.717, 1.165) is 32.5 Å². The Bertz CT molecular complexity index is 215. The van der Waals surface area contributed by atoms with Gasteiger partial charge in [0.2, 0.25) is 0 Å². The lowest BCUT2D eigenvalue weighted by atomic mass is 9.91. The second-order valence-corrected chi connectivity index (χ2v) is 4.58. The van der Waals surface area contributed by atoms with Gasteiger partial charge in [-0.2, -0.15) is 18.7 Å². The molecule has 3 nitrogen and oxygen atoms in total. The molecule has 1 heterocycles. The number of hydrogen-bond acceptors (Lipinski definition) is 3. The van der Waals surface area contributed by atoms with Crippen LogP contribution in [0, 0.1) is 5.92 Å². The van der Waals surface area contributed by atoms with Crippen LogP contribution < -0.4 is 5.48 Å². The molecule has 0 amide bonds. The molecule has 1 aliphatic heterocycles. The number of hydroxylamine groups is 1. The van der Waals surface area contributed by atoms with Crippen molar-refractivity contribution in [3.05, 3.63) is 0 Å². The predicted molar refractivity (Wildman–Crippen MR) is 59.4 cm³/mol. The van der Waals surface area contributed by atoms with Gasteiger partial charge in [0.15, 0.2) is 6.61 Å². The third-order valence-corrected chi connectivity index (χ3v) is 3.29. The molecule has 102 valence electrons. The van der Waals surface area contributed by atoms with E-state index in [0.29, 0.717) is 5.92 Å². The van der Waals surface area contributed by atoms with Gasteiger partial charge >= 0.3 is 6.18 Å². The smallest absolute Gasteiger partial charge is 0.304 e. The van der Waals surface area contributed by atoms with Crippen LogP contribution in [0.1, 0.15) is 26.7 Å². The fraction of sp³-hybridized carbons (Fsp3) is 1.00. The number of piperidine rings is 1. The second-order valence-electron chi connectivity index (χ2n) is 4.58. The highest BCUT2D eigenvalue weighted by Crippen LogP contribution is 2.21. The van der Waals surface area contributed by atoms with Gasteiger partial charge < -0.3 is 4.90 Å². The number of hydrogen-bond donors (Lipinski definition) is 1. The molecule has 0 radical (unpaired) electrons. The van der Waals surface area contributed by atoms with E-state index in [4.69, 9.17) is 0 Å². The minimum Gasteiger partial charge on any atom is -0.304 e. The topological polar surface area (TPSA) is 24.5 Å². The van der Waals surface area contributed by atoms with Crippen molar-refractivity contribution < 1.29 is 18.0 Å². The zero-order chi connectivity index (χ0) is 12.9. The Morgan fingerprint density at radius 1 is 1.35 bits per heavy atom. The molecule has 0 spiro atoms. The Labute approximate surface area is 100 Å². The van der Waals surface area contributed by atoms with Gasteiger partial charge in [-0.15, -0.1) is 0 Å². The highest BCUT2D eigenvalue weighted by molar-refractivity contribution is 4.77. The van der Waals surface area contributed by atoms with Crippen LogP contribution in [0.3, 0.4) is 0 Å². The Morgan fingerprint density at radius 2 is 1.94 bits per heavy atom. The van der Waals surface area contributed by atoms with Crippen LogP contribution in [0.4, 0.5) is 13.2 Å². The summed E-state index contributed by atoms with van der Waals surface area (Å²) in [6.45, 7) is 5.85. The molecule has 1 fully saturated rings.